The molecule has 1 saturated carbocycles. The fourth-order valence-corrected chi connectivity index (χ4v) is 5.57. The number of nitrogens with zero attached hydrogens (tertiary/aromatic N) is 2. The Morgan fingerprint density at radius 1 is 1.21 bits per heavy atom. The minimum atomic E-state index is -0.552. The molecule has 8 heteroatoms. The molecule has 7 nitrogen and oxygen atoms in total. The van der Waals surface area contributed by atoms with Gasteiger partial charge in [-0.25, -0.2) is 4.98 Å². The van der Waals surface area contributed by atoms with Crippen molar-refractivity contribution in [3.63, 3.8) is 0 Å². The number of carbonyl (C=O) groups is 1. The molecular weight excluding hydrogens is 392 g/mol. The van der Waals surface area contributed by atoms with E-state index in [9.17, 15) is 9.90 Å². The highest BCUT2D eigenvalue weighted by Gasteiger charge is 2.44. The average Bonchev–Trinajstić information content (AvgIpc) is 3.39. The van der Waals surface area contributed by atoms with Gasteiger partial charge in [-0.3, -0.25) is 4.79 Å². The van der Waals surface area contributed by atoms with Gasteiger partial charge in [-0.15, -0.1) is 11.3 Å². The second-order valence-corrected chi connectivity index (χ2v) is 9.29. The lowest BCUT2D eigenvalue weighted by Gasteiger charge is -2.35. The van der Waals surface area contributed by atoms with Crippen LogP contribution in [0, 0.1) is 25.7 Å². The number of amides is 1. The van der Waals surface area contributed by atoms with Crippen molar-refractivity contribution < 1.29 is 24.1 Å². The monoisotopic (exact) mass is 416 g/mol. The van der Waals surface area contributed by atoms with Crippen LogP contribution in [0.3, 0.4) is 0 Å². The molecule has 1 amide bonds. The SMILES string of the molecule is Cc1nc(C)c(C(=O)N2C[C@H]3C[C@@H](Oc4ccc5c(c4)OCO5)[C@H](O)C[C@H]3C2)s1. The number of aryl methyl sites for hydroxylation is 2. The molecular formula is C21H24N2O5S. The second-order valence-electron chi connectivity index (χ2n) is 8.09. The lowest BCUT2D eigenvalue weighted by atomic mass is 9.78. The van der Waals surface area contributed by atoms with Crippen molar-refractivity contribution in [2.24, 2.45) is 11.8 Å². The Morgan fingerprint density at radius 3 is 2.72 bits per heavy atom. The van der Waals surface area contributed by atoms with Crippen molar-refractivity contribution >= 4 is 17.2 Å². The molecule has 3 aliphatic rings. The number of rotatable bonds is 3. The lowest BCUT2D eigenvalue weighted by Crippen LogP contribution is -2.42. The Hall–Kier alpha value is -2.32. The predicted molar refractivity (Wildman–Crippen MR) is 107 cm³/mol. The van der Waals surface area contributed by atoms with E-state index in [1.54, 1.807) is 6.07 Å². The number of likely N-dealkylation sites (tertiary alicyclic amines) is 1. The molecule has 4 atom stereocenters. The number of carbonyl (C=O) groups excluding carboxylic acids is 1. The van der Waals surface area contributed by atoms with E-state index in [0.717, 1.165) is 22.0 Å². The molecule has 1 aromatic carbocycles. The molecule has 154 valence electrons. The van der Waals surface area contributed by atoms with Crippen LogP contribution in [0.25, 0.3) is 0 Å². The summed E-state index contributed by atoms with van der Waals surface area (Å²) in [6.07, 6.45) is 0.526. The largest absolute Gasteiger partial charge is 0.488 e. The number of aromatic nitrogens is 1. The van der Waals surface area contributed by atoms with Gasteiger partial charge in [0, 0.05) is 19.2 Å². The van der Waals surface area contributed by atoms with E-state index in [0.29, 0.717) is 48.6 Å². The molecule has 2 aromatic rings. The van der Waals surface area contributed by atoms with Gasteiger partial charge in [0.05, 0.1) is 16.8 Å². The highest BCUT2D eigenvalue weighted by Crippen LogP contribution is 2.40. The lowest BCUT2D eigenvalue weighted by molar-refractivity contribution is -0.0232. The van der Waals surface area contributed by atoms with Gasteiger partial charge in [-0.05, 0) is 50.7 Å². The van der Waals surface area contributed by atoms with Crippen molar-refractivity contribution in [3.8, 4) is 17.2 Å². The molecule has 2 fully saturated rings. The maximum Gasteiger partial charge on any atom is 0.265 e. The van der Waals surface area contributed by atoms with Gasteiger partial charge in [0.2, 0.25) is 6.79 Å². The summed E-state index contributed by atoms with van der Waals surface area (Å²) in [5.74, 6) is 2.73. The normalized spacial score (nSPS) is 27.8. The van der Waals surface area contributed by atoms with Crippen LogP contribution in [-0.2, 0) is 0 Å². The summed E-state index contributed by atoms with van der Waals surface area (Å²) in [6.45, 7) is 5.42. The summed E-state index contributed by atoms with van der Waals surface area (Å²) in [6, 6.07) is 5.47. The molecule has 1 aromatic heterocycles. The van der Waals surface area contributed by atoms with Crippen LogP contribution < -0.4 is 14.2 Å². The highest BCUT2D eigenvalue weighted by atomic mass is 32.1. The van der Waals surface area contributed by atoms with Crippen LogP contribution in [0.2, 0.25) is 0 Å². The van der Waals surface area contributed by atoms with Gasteiger partial charge in [0.25, 0.3) is 5.91 Å². The number of aliphatic hydroxyl groups is 1. The third-order valence-corrected chi connectivity index (χ3v) is 7.16. The Balaban J connectivity index is 1.26. The third-order valence-electron chi connectivity index (χ3n) is 6.10. The van der Waals surface area contributed by atoms with Gasteiger partial charge >= 0.3 is 0 Å². The Kier molecular flexibility index (Phi) is 4.63. The van der Waals surface area contributed by atoms with E-state index < -0.39 is 6.10 Å². The molecule has 29 heavy (non-hydrogen) atoms. The second kappa shape index (κ2) is 7.18. The topological polar surface area (TPSA) is 81.1 Å². The van der Waals surface area contributed by atoms with E-state index in [-0.39, 0.29) is 18.8 Å². The van der Waals surface area contributed by atoms with Crippen molar-refractivity contribution in [1.82, 2.24) is 9.88 Å². The van der Waals surface area contributed by atoms with Gasteiger partial charge in [-0.1, -0.05) is 0 Å². The van der Waals surface area contributed by atoms with Crippen LogP contribution in [0.1, 0.15) is 33.2 Å². The minimum Gasteiger partial charge on any atom is -0.488 e. The van der Waals surface area contributed by atoms with E-state index in [1.807, 2.05) is 30.9 Å². The molecule has 5 rings (SSSR count). The smallest absolute Gasteiger partial charge is 0.265 e. The van der Waals surface area contributed by atoms with E-state index in [1.165, 1.54) is 11.3 Å². The average molecular weight is 416 g/mol. The standard InChI is InChI=1S/C21H24N2O5S/c1-11-20(29-12(2)22-11)21(25)23-8-13-5-16(24)18(6-14(13)9-23)28-15-3-4-17-19(7-15)27-10-26-17/h3-4,7,13-14,16,18,24H,5-6,8-10H2,1-2H3/t13-,14+,16+,18+/m0/s1. The molecule has 1 aliphatic carbocycles. The maximum atomic E-state index is 13.0. The minimum absolute atomic E-state index is 0.0604. The summed E-state index contributed by atoms with van der Waals surface area (Å²) in [5.41, 5.74) is 0.802. The summed E-state index contributed by atoms with van der Waals surface area (Å²) < 4.78 is 16.8. The number of hydrogen-bond acceptors (Lipinski definition) is 7. The first kappa shape index (κ1) is 18.7. The number of aliphatic hydroxyl groups excluding tert-OH is 1. The van der Waals surface area contributed by atoms with Crippen LogP contribution in [-0.4, -0.2) is 53.0 Å². The number of benzene rings is 1. The van der Waals surface area contributed by atoms with E-state index >= 15 is 0 Å². The predicted octanol–water partition coefficient (Wildman–Crippen LogP) is 2.78. The number of ether oxygens (including phenoxy) is 3. The van der Waals surface area contributed by atoms with E-state index in [2.05, 4.69) is 4.98 Å². The molecule has 1 saturated heterocycles. The molecule has 0 spiro atoms. The van der Waals surface area contributed by atoms with Crippen LogP contribution in [0.15, 0.2) is 18.2 Å². The Labute approximate surface area is 173 Å². The number of thiazole rings is 1. The quantitative estimate of drug-likeness (QED) is 0.829. The van der Waals surface area contributed by atoms with Gasteiger partial charge in [-0.2, -0.15) is 0 Å². The molecule has 3 heterocycles. The summed E-state index contributed by atoms with van der Waals surface area (Å²) in [7, 11) is 0. The van der Waals surface area contributed by atoms with Crippen molar-refractivity contribution in [3.05, 3.63) is 33.8 Å². The summed E-state index contributed by atoms with van der Waals surface area (Å²) in [4.78, 5) is 20.0. The Bertz CT molecular complexity index is 945. The zero-order chi connectivity index (χ0) is 20.1. The van der Waals surface area contributed by atoms with E-state index in [4.69, 9.17) is 14.2 Å². The fourth-order valence-electron chi connectivity index (χ4n) is 4.68. The molecule has 2 aliphatic heterocycles. The molecule has 1 N–H and O–H groups in total. The van der Waals surface area contributed by atoms with Crippen LogP contribution in [0.5, 0.6) is 17.2 Å². The highest BCUT2D eigenvalue weighted by molar-refractivity contribution is 7.13. The zero-order valence-electron chi connectivity index (χ0n) is 16.5. The Morgan fingerprint density at radius 2 is 1.97 bits per heavy atom. The summed E-state index contributed by atoms with van der Waals surface area (Å²) >= 11 is 1.46. The first-order valence-corrected chi connectivity index (χ1v) is 10.8. The summed E-state index contributed by atoms with van der Waals surface area (Å²) in [5, 5.41) is 11.6. The first-order valence-electron chi connectivity index (χ1n) is 9.95. The van der Waals surface area contributed by atoms with Gasteiger partial charge < -0.3 is 24.2 Å². The number of fused-ring (bicyclic) bond motifs is 2. The number of hydrogen-bond donors (Lipinski definition) is 1. The van der Waals surface area contributed by atoms with Crippen molar-refractivity contribution in [2.75, 3.05) is 19.9 Å². The zero-order valence-corrected chi connectivity index (χ0v) is 17.3. The van der Waals surface area contributed by atoms with Gasteiger partial charge in [0.1, 0.15) is 16.7 Å². The third kappa shape index (κ3) is 3.44. The van der Waals surface area contributed by atoms with Crippen LogP contribution >= 0.6 is 11.3 Å². The fraction of sp³-hybridized carbons (Fsp3) is 0.524. The van der Waals surface area contributed by atoms with Crippen molar-refractivity contribution in [1.29, 1.82) is 0 Å². The molecule has 0 unspecified atom stereocenters. The first-order chi connectivity index (χ1) is 14.0. The molecule has 0 bridgehead atoms. The van der Waals surface area contributed by atoms with Crippen LogP contribution in [0.4, 0.5) is 0 Å². The van der Waals surface area contributed by atoms with Crippen molar-refractivity contribution in [2.45, 2.75) is 38.9 Å². The maximum absolute atomic E-state index is 13.0. The molecule has 0 radical (unpaired) electrons. The van der Waals surface area contributed by atoms with Gasteiger partial charge in [0.15, 0.2) is 11.5 Å².